The Kier molecular flexibility index (Phi) is 5.47. The number of amides is 2. The number of nitrogens with zero attached hydrogens (tertiary/aromatic N) is 2. The number of urea groups is 1. The highest BCUT2D eigenvalue weighted by atomic mass is 19.4. The van der Waals surface area contributed by atoms with E-state index in [0.717, 1.165) is 0 Å². The van der Waals surface area contributed by atoms with Crippen LogP contribution < -0.4 is 10.1 Å². The molecule has 1 aromatic rings. The van der Waals surface area contributed by atoms with Crippen molar-refractivity contribution in [2.45, 2.75) is 19.1 Å². The minimum Gasteiger partial charge on any atom is -0.481 e. The number of carbonyl (C=O) groups excluding carboxylic acids is 1. The lowest BCUT2D eigenvalue weighted by atomic mass is 10.1. The van der Waals surface area contributed by atoms with Crippen LogP contribution in [0.2, 0.25) is 0 Å². The highest BCUT2D eigenvalue weighted by molar-refractivity contribution is 5.77. The minimum atomic E-state index is -4.49. The van der Waals surface area contributed by atoms with E-state index in [1.165, 1.54) is 23.2 Å². The number of hydrogen-bond acceptors (Lipinski definition) is 4. The average Bonchev–Trinajstić information content (AvgIpc) is 3.01. The summed E-state index contributed by atoms with van der Waals surface area (Å²) < 4.78 is 41.3. The first-order chi connectivity index (χ1) is 11.3. The number of pyridine rings is 1. The molecule has 2 rings (SSSR count). The number of rotatable bonds is 5. The minimum absolute atomic E-state index is 0.0753. The predicted octanol–water partition coefficient (Wildman–Crippen LogP) is 1.64. The van der Waals surface area contributed by atoms with Gasteiger partial charge in [0.25, 0.3) is 0 Å². The normalized spacial score (nSPS) is 17.6. The molecule has 132 valence electrons. The van der Waals surface area contributed by atoms with Crippen LogP contribution in [-0.4, -0.2) is 52.9 Å². The fourth-order valence-corrected chi connectivity index (χ4v) is 2.27. The molecule has 2 N–H and O–H groups in total. The van der Waals surface area contributed by atoms with E-state index in [9.17, 15) is 22.8 Å². The molecule has 1 atom stereocenters. The van der Waals surface area contributed by atoms with Crippen LogP contribution in [0.4, 0.5) is 18.0 Å². The Balaban J connectivity index is 1.90. The number of hydrogen-bond donors (Lipinski definition) is 2. The summed E-state index contributed by atoms with van der Waals surface area (Å²) in [5.74, 6) is -1.76. The lowest BCUT2D eigenvalue weighted by molar-refractivity contribution is -0.154. The van der Waals surface area contributed by atoms with Gasteiger partial charge >= 0.3 is 18.2 Å². The lowest BCUT2D eigenvalue weighted by Gasteiger charge is -2.17. The Morgan fingerprint density at radius 1 is 1.46 bits per heavy atom. The average molecular weight is 347 g/mol. The predicted molar refractivity (Wildman–Crippen MR) is 75.3 cm³/mol. The monoisotopic (exact) mass is 347 g/mol. The molecule has 1 fully saturated rings. The summed E-state index contributed by atoms with van der Waals surface area (Å²) in [5.41, 5.74) is 0.295. The summed E-state index contributed by atoms with van der Waals surface area (Å²) in [6.07, 6.45) is -2.83. The topological polar surface area (TPSA) is 91.8 Å². The Morgan fingerprint density at radius 3 is 2.83 bits per heavy atom. The fourth-order valence-electron chi connectivity index (χ4n) is 2.27. The first-order valence-corrected chi connectivity index (χ1v) is 7.15. The van der Waals surface area contributed by atoms with Crippen LogP contribution >= 0.6 is 0 Å². The van der Waals surface area contributed by atoms with Crippen LogP contribution in [0.15, 0.2) is 18.3 Å². The van der Waals surface area contributed by atoms with E-state index >= 15 is 0 Å². The SMILES string of the molecule is O=C(O)C1CCN(C(=O)NCc2cccnc2OCC(F)(F)F)C1. The molecule has 1 aliphatic rings. The molecule has 1 aliphatic heterocycles. The number of carboxylic acid groups (broad SMARTS) is 1. The molecule has 1 unspecified atom stereocenters. The highest BCUT2D eigenvalue weighted by Gasteiger charge is 2.31. The van der Waals surface area contributed by atoms with Crippen molar-refractivity contribution in [3.63, 3.8) is 0 Å². The summed E-state index contributed by atoms with van der Waals surface area (Å²) in [7, 11) is 0. The first kappa shape index (κ1) is 17.8. The first-order valence-electron chi connectivity index (χ1n) is 7.15. The van der Waals surface area contributed by atoms with Crippen LogP contribution in [0, 0.1) is 5.92 Å². The molecule has 10 heteroatoms. The van der Waals surface area contributed by atoms with Gasteiger partial charge < -0.3 is 20.1 Å². The largest absolute Gasteiger partial charge is 0.481 e. The number of nitrogens with one attached hydrogen (secondary N) is 1. The van der Waals surface area contributed by atoms with Crippen molar-refractivity contribution in [3.05, 3.63) is 23.9 Å². The second-order valence-corrected chi connectivity index (χ2v) is 5.30. The number of halogens is 3. The van der Waals surface area contributed by atoms with Crippen molar-refractivity contribution in [2.24, 2.45) is 5.92 Å². The van der Waals surface area contributed by atoms with Gasteiger partial charge in [0.15, 0.2) is 6.61 Å². The molecule has 7 nitrogen and oxygen atoms in total. The van der Waals surface area contributed by atoms with Gasteiger partial charge in [0.05, 0.1) is 5.92 Å². The van der Waals surface area contributed by atoms with Crippen molar-refractivity contribution in [1.29, 1.82) is 0 Å². The molecule has 0 bridgehead atoms. The van der Waals surface area contributed by atoms with E-state index in [4.69, 9.17) is 5.11 Å². The summed E-state index contributed by atoms with van der Waals surface area (Å²) in [6, 6.07) is 2.52. The molecular formula is C14H16F3N3O4. The maximum absolute atomic E-state index is 12.2. The van der Waals surface area contributed by atoms with E-state index in [2.05, 4.69) is 15.0 Å². The van der Waals surface area contributed by atoms with E-state index in [0.29, 0.717) is 18.5 Å². The Labute approximate surface area is 135 Å². The van der Waals surface area contributed by atoms with Gasteiger partial charge in [0.1, 0.15) is 0 Å². The van der Waals surface area contributed by atoms with Gasteiger partial charge in [-0.3, -0.25) is 4.79 Å². The Bertz CT molecular complexity index is 609. The Morgan fingerprint density at radius 2 is 2.21 bits per heavy atom. The number of carboxylic acids is 1. The van der Waals surface area contributed by atoms with Crippen molar-refractivity contribution in [3.8, 4) is 5.88 Å². The molecule has 2 heterocycles. The number of aromatic nitrogens is 1. The summed E-state index contributed by atoms with van der Waals surface area (Å²) in [6.45, 7) is -1.13. The number of ether oxygens (including phenoxy) is 1. The molecule has 0 spiro atoms. The Hall–Kier alpha value is -2.52. The molecule has 0 aromatic carbocycles. The van der Waals surface area contributed by atoms with Gasteiger partial charge in [-0.05, 0) is 12.5 Å². The second-order valence-electron chi connectivity index (χ2n) is 5.30. The highest BCUT2D eigenvalue weighted by Crippen LogP contribution is 2.20. The van der Waals surface area contributed by atoms with Gasteiger partial charge in [-0.15, -0.1) is 0 Å². The van der Waals surface area contributed by atoms with Gasteiger partial charge in [-0.1, -0.05) is 6.07 Å². The van der Waals surface area contributed by atoms with E-state index in [-0.39, 0.29) is 19.0 Å². The zero-order chi connectivity index (χ0) is 17.7. The van der Waals surface area contributed by atoms with Crippen LogP contribution in [0.3, 0.4) is 0 Å². The lowest BCUT2D eigenvalue weighted by Crippen LogP contribution is -2.38. The molecule has 2 amide bonds. The standard InChI is InChI=1S/C14H16F3N3O4/c15-14(16,17)8-24-11-9(2-1-4-18-11)6-19-13(23)20-5-3-10(7-20)12(21)22/h1-2,4,10H,3,5-8H2,(H,19,23)(H,21,22). The maximum atomic E-state index is 12.2. The summed E-state index contributed by atoms with van der Waals surface area (Å²) in [4.78, 5) is 27.9. The zero-order valence-corrected chi connectivity index (χ0v) is 12.5. The third kappa shape index (κ3) is 5.00. The van der Waals surface area contributed by atoms with Crippen molar-refractivity contribution in [2.75, 3.05) is 19.7 Å². The van der Waals surface area contributed by atoms with Crippen LogP contribution in [0.25, 0.3) is 0 Å². The third-order valence-electron chi connectivity index (χ3n) is 3.48. The molecule has 0 aliphatic carbocycles. The van der Waals surface area contributed by atoms with Crippen LogP contribution in [0.1, 0.15) is 12.0 Å². The quantitative estimate of drug-likeness (QED) is 0.845. The molecule has 1 saturated heterocycles. The molecule has 1 aromatic heterocycles. The molecule has 0 radical (unpaired) electrons. The van der Waals surface area contributed by atoms with Crippen molar-refractivity contribution < 1.29 is 32.6 Å². The van der Waals surface area contributed by atoms with Crippen LogP contribution in [-0.2, 0) is 11.3 Å². The summed E-state index contributed by atoms with van der Waals surface area (Å²) in [5, 5.41) is 11.4. The van der Waals surface area contributed by atoms with E-state index in [1.54, 1.807) is 0 Å². The summed E-state index contributed by atoms with van der Waals surface area (Å²) >= 11 is 0. The van der Waals surface area contributed by atoms with Crippen LogP contribution in [0.5, 0.6) is 5.88 Å². The van der Waals surface area contributed by atoms with Crippen molar-refractivity contribution >= 4 is 12.0 Å². The second kappa shape index (κ2) is 7.37. The number of alkyl halides is 3. The number of carbonyl (C=O) groups is 2. The number of likely N-dealkylation sites (tertiary alicyclic amines) is 1. The van der Waals surface area contributed by atoms with Gasteiger partial charge in [0.2, 0.25) is 5.88 Å². The van der Waals surface area contributed by atoms with Gasteiger partial charge in [-0.2, -0.15) is 13.2 Å². The van der Waals surface area contributed by atoms with Gasteiger partial charge in [0, 0.05) is 31.4 Å². The zero-order valence-electron chi connectivity index (χ0n) is 12.5. The molecule has 24 heavy (non-hydrogen) atoms. The molecular weight excluding hydrogens is 331 g/mol. The fraction of sp³-hybridized carbons (Fsp3) is 0.500. The smallest absolute Gasteiger partial charge is 0.422 e. The van der Waals surface area contributed by atoms with E-state index < -0.39 is 30.7 Å². The number of aliphatic carboxylic acids is 1. The van der Waals surface area contributed by atoms with Crippen molar-refractivity contribution in [1.82, 2.24) is 15.2 Å². The van der Waals surface area contributed by atoms with Gasteiger partial charge in [-0.25, -0.2) is 9.78 Å². The maximum Gasteiger partial charge on any atom is 0.422 e. The third-order valence-corrected chi connectivity index (χ3v) is 3.48. The van der Waals surface area contributed by atoms with E-state index in [1.807, 2.05) is 0 Å². The molecule has 0 saturated carbocycles.